The zero-order chi connectivity index (χ0) is 12.5. The van der Waals surface area contributed by atoms with Crippen LogP contribution in [0.15, 0.2) is 30.6 Å². The highest BCUT2D eigenvalue weighted by Crippen LogP contribution is 2.29. The Labute approximate surface area is 107 Å². The summed E-state index contributed by atoms with van der Waals surface area (Å²) in [7, 11) is 1.95. The minimum atomic E-state index is 0.849. The van der Waals surface area contributed by atoms with Crippen LogP contribution in [0.5, 0.6) is 0 Å². The molecule has 0 unspecified atom stereocenters. The van der Waals surface area contributed by atoms with Gasteiger partial charge in [-0.2, -0.15) is 5.10 Å². The Balaban J connectivity index is 1.71. The Kier molecular flexibility index (Phi) is 2.70. The summed E-state index contributed by atoms with van der Waals surface area (Å²) in [6.07, 6.45) is 6.18. The van der Waals surface area contributed by atoms with E-state index in [1.54, 1.807) is 0 Å². The molecule has 1 aromatic heterocycles. The van der Waals surface area contributed by atoms with Gasteiger partial charge in [-0.3, -0.25) is 4.68 Å². The maximum absolute atomic E-state index is 5.86. The lowest BCUT2D eigenvalue weighted by molar-refractivity contribution is 0.765. The highest BCUT2D eigenvalue weighted by molar-refractivity contribution is 5.64. The zero-order valence-corrected chi connectivity index (χ0v) is 10.6. The van der Waals surface area contributed by atoms with Gasteiger partial charge in [0.05, 0.1) is 6.20 Å². The van der Waals surface area contributed by atoms with Crippen LogP contribution in [0.25, 0.3) is 0 Å². The molecule has 0 bridgehead atoms. The third kappa shape index (κ3) is 2.06. The molecule has 0 saturated carbocycles. The van der Waals surface area contributed by atoms with Crippen LogP contribution in [0.4, 0.5) is 11.4 Å². The molecule has 4 heteroatoms. The van der Waals surface area contributed by atoms with E-state index < -0.39 is 0 Å². The largest absolute Gasteiger partial charge is 0.399 e. The number of anilines is 2. The number of aryl methyl sites for hydroxylation is 1. The molecule has 0 saturated heterocycles. The van der Waals surface area contributed by atoms with Crippen molar-refractivity contribution in [3.05, 3.63) is 41.7 Å². The van der Waals surface area contributed by atoms with Crippen LogP contribution in [-0.4, -0.2) is 22.9 Å². The first-order chi connectivity index (χ1) is 8.72. The van der Waals surface area contributed by atoms with Gasteiger partial charge in [0, 0.05) is 37.7 Å². The van der Waals surface area contributed by atoms with Crippen LogP contribution < -0.4 is 10.6 Å². The van der Waals surface area contributed by atoms with E-state index in [2.05, 4.69) is 28.3 Å². The fourth-order valence-electron chi connectivity index (χ4n) is 2.56. The standard InChI is InChI=1S/C14H18N4/c1-17-10-11(9-16-17)4-6-18-7-5-12-2-3-13(15)8-14(12)18/h2-3,8-10H,4-7,15H2,1H3. The Morgan fingerprint density at radius 2 is 2.28 bits per heavy atom. The maximum Gasteiger partial charge on any atom is 0.0522 e. The summed E-state index contributed by atoms with van der Waals surface area (Å²) in [6.45, 7) is 2.13. The summed E-state index contributed by atoms with van der Waals surface area (Å²) >= 11 is 0. The highest BCUT2D eigenvalue weighted by Gasteiger charge is 2.18. The van der Waals surface area contributed by atoms with E-state index in [4.69, 9.17) is 5.73 Å². The normalized spacial score (nSPS) is 13.9. The third-order valence-electron chi connectivity index (χ3n) is 3.53. The van der Waals surface area contributed by atoms with Gasteiger partial charge in [0.2, 0.25) is 0 Å². The van der Waals surface area contributed by atoms with Gasteiger partial charge < -0.3 is 10.6 Å². The topological polar surface area (TPSA) is 47.1 Å². The first kappa shape index (κ1) is 11.1. The number of hydrogen-bond donors (Lipinski definition) is 1. The molecule has 0 amide bonds. The van der Waals surface area contributed by atoms with Crippen LogP contribution >= 0.6 is 0 Å². The second-order valence-corrected chi connectivity index (χ2v) is 4.90. The van der Waals surface area contributed by atoms with Crippen molar-refractivity contribution in [2.24, 2.45) is 7.05 Å². The molecule has 0 spiro atoms. The molecule has 2 heterocycles. The molecule has 94 valence electrons. The van der Waals surface area contributed by atoms with Crippen LogP contribution in [0.2, 0.25) is 0 Å². The van der Waals surface area contributed by atoms with Gasteiger partial charge >= 0.3 is 0 Å². The molecular formula is C14H18N4. The first-order valence-electron chi connectivity index (χ1n) is 6.33. The third-order valence-corrected chi connectivity index (χ3v) is 3.53. The summed E-state index contributed by atoms with van der Waals surface area (Å²) in [5.74, 6) is 0. The SMILES string of the molecule is Cn1cc(CCN2CCc3ccc(N)cc32)cn1. The summed E-state index contributed by atoms with van der Waals surface area (Å²) in [5.41, 5.74) is 10.7. The molecule has 0 radical (unpaired) electrons. The fourth-order valence-corrected chi connectivity index (χ4v) is 2.56. The van der Waals surface area contributed by atoms with Crippen molar-refractivity contribution in [2.45, 2.75) is 12.8 Å². The lowest BCUT2D eigenvalue weighted by atomic mass is 10.1. The van der Waals surface area contributed by atoms with Gasteiger partial charge in [-0.05, 0) is 36.1 Å². The summed E-state index contributed by atoms with van der Waals surface area (Å²) in [5, 5.41) is 4.20. The number of nitrogens with zero attached hydrogens (tertiary/aromatic N) is 3. The molecule has 18 heavy (non-hydrogen) atoms. The van der Waals surface area contributed by atoms with Crippen molar-refractivity contribution in [1.29, 1.82) is 0 Å². The number of rotatable bonds is 3. The van der Waals surface area contributed by atoms with E-state index in [1.165, 1.54) is 16.8 Å². The van der Waals surface area contributed by atoms with Crippen LogP contribution in [0.3, 0.4) is 0 Å². The van der Waals surface area contributed by atoms with Crippen molar-refractivity contribution in [2.75, 3.05) is 23.7 Å². The van der Waals surface area contributed by atoms with Gasteiger partial charge in [-0.25, -0.2) is 0 Å². The van der Waals surface area contributed by atoms with E-state index in [0.717, 1.165) is 31.6 Å². The number of hydrogen-bond acceptors (Lipinski definition) is 3. The number of benzene rings is 1. The average molecular weight is 242 g/mol. The number of aromatic nitrogens is 2. The number of nitrogen functional groups attached to an aromatic ring is 1. The van der Waals surface area contributed by atoms with Crippen LogP contribution in [0.1, 0.15) is 11.1 Å². The lowest BCUT2D eigenvalue weighted by Gasteiger charge is -2.19. The van der Waals surface area contributed by atoms with Gasteiger partial charge in [0.25, 0.3) is 0 Å². The minimum absolute atomic E-state index is 0.849. The molecule has 2 aromatic rings. The van der Waals surface area contributed by atoms with Crippen molar-refractivity contribution in [1.82, 2.24) is 9.78 Å². The van der Waals surface area contributed by atoms with Crippen molar-refractivity contribution >= 4 is 11.4 Å². The van der Waals surface area contributed by atoms with E-state index in [0.29, 0.717) is 0 Å². The molecule has 0 atom stereocenters. The maximum atomic E-state index is 5.86. The average Bonchev–Trinajstić information content (AvgIpc) is 2.93. The highest BCUT2D eigenvalue weighted by atomic mass is 15.2. The quantitative estimate of drug-likeness (QED) is 0.832. The van der Waals surface area contributed by atoms with Crippen molar-refractivity contribution in [3.63, 3.8) is 0 Å². The lowest BCUT2D eigenvalue weighted by Crippen LogP contribution is -2.23. The Hall–Kier alpha value is -1.97. The van der Waals surface area contributed by atoms with Gasteiger partial charge in [0.1, 0.15) is 0 Å². The van der Waals surface area contributed by atoms with Gasteiger partial charge in [-0.1, -0.05) is 6.07 Å². The van der Waals surface area contributed by atoms with Crippen LogP contribution in [0, 0.1) is 0 Å². The minimum Gasteiger partial charge on any atom is -0.399 e. The van der Waals surface area contributed by atoms with E-state index >= 15 is 0 Å². The summed E-state index contributed by atoms with van der Waals surface area (Å²) in [6, 6.07) is 6.23. The molecule has 0 fully saturated rings. The first-order valence-corrected chi connectivity index (χ1v) is 6.33. The molecular weight excluding hydrogens is 224 g/mol. The van der Waals surface area contributed by atoms with Crippen molar-refractivity contribution in [3.8, 4) is 0 Å². The molecule has 1 aromatic carbocycles. The predicted molar refractivity (Wildman–Crippen MR) is 73.7 cm³/mol. The Morgan fingerprint density at radius 3 is 3.06 bits per heavy atom. The fraction of sp³-hybridized carbons (Fsp3) is 0.357. The van der Waals surface area contributed by atoms with E-state index in [-0.39, 0.29) is 0 Å². The molecule has 3 rings (SSSR count). The number of fused-ring (bicyclic) bond motifs is 1. The molecule has 4 nitrogen and oxygen atoms in total. The van der Waals surface area contributed by atoms with Gasteiger partial charge in [-0.15, -0.1) is 0 Å². The molecule has 1 aliphatic heterocycles. The Morgan fingerprint density at radius 1 is 1.39 bits per heavy atom. The molecule has 0 aliphatic carbocycles. The predicted octanol–water partition coefficient (Wildman–Crippen LogP) is 1.61. The van der Waals surface area contributed by atoms with Crippen molar-refractivity contribution < 1.29 is 0 Å². The Bertz CT molecular complexity index is 559. The zero-order valence-electron chi connectivity index (χ0n) is 10.6. The van der Waals surface area contributed by atoms with E-state index in [1.807, 2.05) is 24.0 Å². The smallest absolute Gasteiger partial charge is 0.0522 e. The summed E-state index contributed by atoms with van der Waals surface area (Å²) in [4.78, 5) is 2.42. The molecule has 1 aliphatic rings. The van der Waals surface area contributed by atoms with Gasteiger partial charge in [0.15, 0.2) is 0 Å². The number of nitrogens with two attached hydrogens (primary N) is 1. The molecule has 2 N–H and O–H groups in total. The second-order valence-electron chi connectivity index (χ2n) is 4.90. The summed E-state index contributed by atoms with van der Waals surface area (Å²) < 4.78 is 1.85. The second kappa shape index (κ2) is 4.37. The van der Waals surface area contributed by atoms with Crippen LogP contribution in [-0.2, 0) is 19.9 Å². The monoisotopic (exact) mass is 242 g/mol. The van der Waals surface area contributed by atoms with E-state index in [9.17, 15) is 0 Å².